The van der Waals surface area contributed by atoms with E-state index in [0.717, 1.165) is 18.3 Å². The van der Waals surface area contributed by atoms with Crippen LogP contribution in [0, 0.1) is 10.7 Å². The van der Waals surface area contributed by atoms with Crippen molar-refractivity contribution in [2.24, 2.45) is 5.73 Å². The maximum Gasteiger partial charge on any atom is 0.336 e. The van der Waals surface area contributed by atoms with E-state index in [1.165, 1.54) is 0 Å². The molecule has 0 fully saturated rings. The van der Waals surface area contributed by atoms with Crippen LogP contribution >= 0.6 is 136 Å². The number of nitrogens with two attached hydrogens (primary N) is 1. The number of phenolic OH excluding ortho intramolecular Hbond substituents is 1. The lowest BCUT2D eigenvalue weighted by atomic mass is 10.1. The van der Waals surface area contributed by atoms with Crippen LogP contribution in [0.4, 0.5) is 0 Å². The Morgan fingerprint density at radius 1 is 0.778 bits per heavy atom. The fourth-order valence-corrected chi connectivity index (χ4v) is 7.69. The number of aliphatic carboxylic acids is 1. The van der Waals surface area contributed by atoms with Gasteiger partial charge in [0.1, 0.15) is 34.8 Å². The Morgan fingerprint density at radius 2 is 1.31 bits per heavy atom. The summed E-state index contributed by atoms with van der Waals surface area (Å²) < 4.78 is 20.4. The molecule has 0 spiro atoms. The Hall–Kier alpha value is -0.480. The average molecular weight is 1280 g/mol. The van der Waals surface area contributed by atoms with E-state index in [0.29, 0.717) is 38.7 Å². The van der Waals surface area contributed by atoms with Gasteiger partial charge in [0.25, 0.3) is 0 Å². The van der Waals surface area contributed by atoms with Gasteiger partial charge >= 0.3 is 11.9 Å². The molecule has 0 aliphatic rings. The highest BCUT2D eigenvalue weighted by molar-refractivity contribution is 14.2. The first-order valence-corrected chi connectivity index (χ1v) is 19.0. The van der Waals surface area contributed by atoms with Gasteiger partial charge in [-0.2, -0.15) is 1.33 Å². The summed E-state index contributed by atoms with van der Waals surface area (Å²) in [7, 11) is 0. The number of esters is 1. The van der Waals surface area contributed by atoms with E-state index < -0.39 is 21.5 Å². The third-order valence-electron chi connectivity index (χ3n) is 6.19. The third kappa shape index (κ3) is 10.3. The van der Waals surface area contributed by atoms with Crippen molar-refractivity contribution >= 4 is 148 Å². The number of nitrogens with zero attached hydrogens (tertiary/aromatic N) is 1. The summed E-state index contributed by atoms with van der Waals surface area (Å²) in [6, 6.07) is 21.8. The molecule has 0 aliphatic carbocycles. The Bertz CT molecular complexity index is 1670. The third-order valence-corrected chi connectivity index (χ3v) is 13.5. The highest BCUT2D eigenvalue weighted by Crippen LogP contribution is 2.37. The molecule has 45 heavy (non-hydrogen) atoms. The molecule has 4 N–H and O–H groups in total. The second-order valence-electron chi connectivity index (χ2n) is 9.53. The molecule has 15 heteroatoms. The summed E-state index contributed by atoms with van der Waals surface area (Å²) in [6.07, 6.45) is 0.592. The van der Waals surface area contributed by atoms with E-state index in [4.69, 9.17) is 19.9 Å². The molecule has 0 radical (unpaired) electrons. The number of rotatable bonds is 12. The lowest BCUT2D eigenvalue weighted by Gasteiger charge is -2.26. The predicted octanol–water partition coefficient (Wildman–Crippen LogP) is 9.03. The molecule has 2 atom stereocenters. The quantitative estimate of drug-likeness (QED) is 0.0318. The molecule has 9 nitrogen and oxygen atoms in total. The van der Waals surface area contributed by atoms with E-state index in [9.17, 15) is 19.8 Å². The SMILES string of the molecule is N[C@@H](Cc1cc(I)c(Oc2ccc(O)c(I)c2)c(I)c1)C(=O)Oc1ccc(Oc2ccc(C[C@@](I)(C(=O)O)N(I)I)cc2)cc1. The standard InChI is InChI=1S/C30H22I6N2O7/c31-22-14-21(9-10-26(22)39)44-27-23(32)11-17(12-24(27)33)13-25(37)28(40)45-20-7-5-19(6-8-20)43-18-3-1-16(2-4-18)15-30(34,29(41)42)38(35)36/h1-12,14,25,39H,13,15,37H2,(H,41,42)/t25-,30-/m0/s1. The van der Waals surface area contributed by atoms with E-state index in [1.807, 2.05) is 115 Å². The van der Waals surface area contributed by atoms with Gasteiger partial charge < -0.3 is 30.2 Å². The Kier molecular flexibility index (Phi) is 13.9. The second kappa shape index (κ2) is 16.8. The number of carboxylic acid groups (broad SMARTS) is 1. The highest BCUT2D eigenvalue weighted by Gasteiger charge is 2.40. The number of carbonyl (C=O) groups is 2. The number of aromatic hydroxyl groups is 1. The maximum atomic E-state index is 12.8. The zero-order valence-corrected chi connectivity index (χ0v) is 35.7. The minimum absolute atomic E-state index is 0.193. The minimum Gasteiger partial charge on any atom is -0.507 e. The Labute approximate surface area is 341 Å². The van der Waals surface area contributed by atoms with Gasteiger partial charge in [-0.1, -0.05) is 12.1 Å². The molecule has 0 aliphatic heterocycles. The molecule has 0 unspecified atom stereocenters. The number of benzene rings is 4. The molecule has 4 aromatic carbocycles. The van der Waals surface area contributed by atoms with Crippen molar-refractivity contribution in [2.75, 3.05) is 0 Å². The van der Waals surface area contributed by atoms with Crippen LogP contribution in [0.1, 0.15) is 11.1 Å². The van der Waals surface area contributed by atoms with Crippen molar-refractivity contribution in [1.82, 2.24) is 1.33 Å². The Balaban J connectivity index is 1.32. The first kappa shape index (κ1) is 37.3. The van der Waals surface area contributed by atoms with Crippen molar-refractivity contribution in [2.45, 2.75) is 22.4 Å². The first-order valence-electron chi connectivity index (χ1n) is 12.8. The zero-order valence-electron chi connectivity index (χ0n) is 22.7. The maximum absolute atomic E-state index is 12.8. The van der Waals surface area contributed by atoms with Gasteiger partial charge in [-0.3, -0.25) is 0 Å². The van der Waals surface area contributed by atoms with Gasteiger partial charge in [0, 0.05) is 52.1 Å². The fourth-order valence-electron chi connectivity index (χ4n) is 3.89. The molecule has 4 aromatic rings. The van der Waals surface area contributed by atoms with Crippen LogP contribution in [0.5, 0.6) is 34.5 Å². The van der Waals surface area contributed by atoms with Crippen molar-refractivity contribution in [3.63, 3.8) is 0 Å². The van der Waals surface area contributed by atoms with Crippen molar-refractivity contribution in [1.29, 1.82) is 0 Å². The molecular formula is C30H22I6N2O7. The summed E-state index contributed by atoms with van der Waals surface area (Å²) in [5, 5.41) is 19.4. The summed E-state index contributed by atoms with van der Waals surface area (Å²) >= 11 is 12.3. The van der Waals surface area contributed by atoms with Gasteiger partial charge in [-0.15, -0.1) is 0 Å². The Morgan fingerprint density at radius 3 is 1.84 bits per heavy atom. The number of halogens is 6. The van der Waals surface area contributed by atoms with Crippen LogP contribution in [0.15, 0.2) is 78.9 Å². The van der Waals surface area contributed by atoms with Crippen molar-refractivity contribution in [3.05, 3.63) is 101 Å². The number of carbonyl (C=O) groups excluding carboxylic acids is 1. The monoisotopic (exact) mass is 1280 g/mol. The number of alkyl halides is 1. The summed E-state index contributed by atoms with van der Waals surface area (Å²) in [5.74, 6) is 1.46. The molecule has 0 aromatic heterocycles. The lowest BCUT2D eigenvalue weighted by molar-refractivity contribution is -0.140. The van der Waals surface area contributed by atoms with Gasteiger partial charge in [-0.05, 0) is 175 Å². The molecule has 4 rings (SSSR count). The largest absolute Gasteiger partial charge is 0.507 e. The topological polar surface area (TPSA) is 132 Å². The molecule has 236 valence electrons. The number of ether oxygens (including phenoxy) is 3. The number of carboxylic acids is 1. The van der Waals surface area contributed by atoms with Crippen LogP contribution in [0.3, 0.4) is 0 Å². The van der Waals surface area contributed by atoms with Crippen molar-refractivity contribution in [3.8, 4) is 34.5 Å². The van der Waals surface area contributed by atoms with Crippen LogP contribution in [-0.2, 0) is 22.4 Å². The number of phenols is 1. The van der Waals surface area contributed by atoms with E-state index >= 15 is 0 Å². The summed E-state index contributed by atoms with van der Waals surface area (Å²) in [4.78, 5) is 24.5. The van der Waals surface area contributed by atoms with Gasteiger partial charge in [0.2, 0.25) is 0 Å². The predicted molar refractivity (Wildman–Crippen MR) is 221 cm³/mol. The molecule has 0 saturated heterocycles. The number of hydrogen-bond donors (Lipinski definition) is 3. The first-order chi connectivity index (χ1) is 21.2. The molecule has 0 amide bonds. The molecular weight excluding hydrogens is 1260 g/mol. The number of hydrogen-bond acceptors (Lipinski definition) is 8. The van der Waals surface area contributed by atoms with Crippen LogP contribution in [0.2, 0.25) is 0 Å². The van der Waals surface area contributed by atoms with Crippen LogP contribution in [0.25, 0.3) is 0 Å². The van der Waals surface area contributed by atoms with Gasteiger partial charge in [-0.25, -0.2) is 9.59 Å². The normalized spacial score (nSPS) is 13.2. The molecule has 0 saturated carbocycles. The van der Waals surface area contributed by atoms with Gasteiger partial charge in [0.15, 0.2) is 9.30 Å². The van der Waals surface area contributed by atoms with Gasteiger partial charge in [0.05, 0.1) is 10.7 Å². The van der Waals surface area contributed by atoms with E-state index in [2.05, 4.69) is 45.2 Å². The minimum atomic E-state index is -1.08. The lowest BCUT2D eigenvalue weighted by Crippen LogP contribution is -2.41. The molecule has 0 heterocycles. The zero-order chi connectivity index (χ0) is 32.9. The smallest absolute Gasteiger partial charge is 0.336 e. The van der Waals surface area contributed by atoms with E-state index in [1.54, 1.807) is 55.9 Å². The summed E-state index contributed by atoms with van der Waals surface area (Å²) in [5.41, 5.74) is 7.93. The average Bonchev–Trinajstić information content (AvgIpc) is 2.98. The van der Waals surface area contributed by atoms with Crippen molar-refractivity contribution < 1.29 is 34.0 Å². The molecule has 0 bridgehead atoms. The summed E-state index contributed by atoms with van der Waals surface area (Å²) in [6.45, 7) is 0. The van der Waals surface area contributed by atoms with E-state index in [-0.39, 0.29) is 12.2 Å². The fraction of sp³-hybridized carbons (Fsp3) is 0.133. The second-order valence-corrected chi connectivity index (χ2v) is 18.6. The highest BCUT2D eigenvalue weighted by atomic mass is 127. The van der Waals surface area contributed by atoms with Crippen LogP contribution < -0.4 is 19.9 Å². The van der Waals surface area contributed by atoms with Crippen LogP contribution in [-0.4, -0.2) is 33.1 Å².